The van der Waals surface area contributed by atoms with Crippen LogP contribution in [0.4, 0.5) is 0 Å². The standard InChI is InChI=1S/C13H7ClO2/c14-13-8(7-15)5-6-11-12(13)9-3-1-2-4-10(9)16-11/h1-7H. The number of rotatable bonds is 1. The number of aldehydes is 1. The first-order chi connectivity index (χ1) is 7.81. The van der Waals surface area contributed by atoms with Gasteiger partial charge in [-0.05, 0) is 18.2 Å². The van der Waals surface area contributed by atoms with E-state index in [-0.39, 0.29) is 0 Å². The normalized spacial score (nSPS) is 11.1. The number of para-hydroxylation sites is 1. The van der Waals surface area contributed by atoms with E-state index in [1.165, 1.54) is 0 Å². The van der Waals surface area contributed by atoms with Gasteiger partial charge < -0.3 is 4.42 Å². The summed E-state index contributed by atoms with van der Waals surface area (Å²) < 4.78 is 5.63. The summed E-state index contributed by atoms with van der Waals surface area (Å²) in [5.41, 5.74) is 1.97. The molecule has 1 aromatic heterocycles. The third-order valence-corrected chi connectivity index (χ3v) is 3.04. The lowest BCUT2D eigenvalue weighted by Crippen LogP contribution is -1.81. The molecule has 0 aliphatic rings. The molecule has 0 saturated carbocycles. The van der Waals surface area contributed by atoms with Gasteiger partial charge in [0.15, 0.2) is 6.29 Å². The van der Waals surface area contributed by atoms with E-state index in [9.17, 15) is 4.79 Å². The van der Waals surface area contributed by atoms with Crippen LogP contribution in [-0.4, -0.2) is 6.29 Å². The highest BCUT2D eigenvalue weighted by atomic mass is 35.5. The fourth-order valence-corrected chi connectivity index (χ4v) is 2.18. The van der Waals surface area contributed by atoms with Crippen LogP contribution in [0.15, 0.2) is 40.8 Å². The van der Waals surface area contributed by atoms with Gasteiger partial charge in [0.2, 0.25) is 0 Å². The van der Waals surface area contributed by atoms with Gasteiger partial charge >= 0.3 is 0 Å². The number of carbonyl (C=O) groups excluding carboxylic acids is 1. The van der Waals surface area contributed by atoms with Crippen molar-refractivity contribution < 1.29 is 9.21 Å². The second-order valence-electron chi connectivity index (χ2n) is 3.56. The quantitative estimate of drug-likeness (QED) is 0.591. The number of hydrogen-bond acceptors (Lipinski definition) is 2. The molecule has 0 saturated heterocycles. The maximum absolute atomic E-state index is 10.8. The van der Waals surface area contributed by atoms with Crippen LogP contribution in [0.5, 0.6) is 0 Å². The summed E-state index contributed by atoms with van der Waals surface area (Å²) in [6.07, 6.45) is 0.754. The molecule has 0 N–H and O–H groups in total. The molecule has 1 heterocycles. The molecule has 0 spiro atoms. The average Bonchev–Trinajstić information content (AvgIpc) is 2.68. The largest absolute Gasteiger partial charge is 0.456 e. The smallest absolute Gasteiger partial charge is 0.151 e. The van der Waals surface area contributed by atoms with Crippen molar-refractivity contribution in [1.29, 1.82) is 0 Å². The molecule has 0 amide bonds. The summed E-state index contributed by atoms with van der Waals surface area (Å²) in [6, 6.07) is 11.1. The lowest BCUT2D eigenvalue weighted by molar-refractivity contribution is 0.112. The van der Waals surface area contributed by atoms with Crippen molar-refractivity contribution in [2.75, 3.05) is 0 Å². The molecule has 3 aromatic rings. The third kappa shape index (κ3) is 1.17. The average molecular weight is 231 g/mol. The molecule has 0 aliphatic carbocycles. The minimum absolute atomic E-state index is 0.456. The van der Waals surface area contributed by atoms with Gasteiger partial charge in [0.1, 0.15) is 11.2 Å². The van der Waals surface area contributed by atoms with Crippen molar-refractivity contribution in [3.63, 3.8) is 0 Å². The molecular weight excluding hydrogens is 224 g/mol. The SMILES string of the molecule is O=Cc1ccc2oc3ccccc3c2c1Cl. The van der Waals surface area contributed by atoms with Crippen LogP contribution in [0.25, 0.3) is 21.9 Å². The van der Waals surface area contributed by atoms with Crippen LogP contribution in [0.3, 0.4) is 0 Å². The van der Waals surface area contributed by atoms with Gasteiger partial charge in [0, 0.05) is 16.3 Å². The van der Waals surface area contributed by atoms with Crippen molar-refractivity contribution in [3.05, 3.63) is 47.0 Å². The molecule has 0 radical (unpaired) electrons. The first kappa shape index (κ1) is 9.43. The maximum Gasteiger partial charge on any atom is 0.151 e. The first-order valence-electron chi connectivity index (χ1n) is 4.86. The third-order valence-electron chi connectivity index (χ3n) is 2.64. The van der Waals surface area contributed by atoms with E-state index in [0.29, 0.717) is 16.2 Å². The zero-order valence-corrected chi connectivity index (χ0v) is 8.99. The fourth-order valence-electron chi connectivity index (χ4n) is 1.88. The van der Waals surface area contributed by atoms with E-state index < -0.39 is 0 Å². The molecule has 0 fully saturated rings. The Labute approximate surface area is 96.4 Å². The van der Waals surface area contributed by atoms with Gasteiger partial charge in [0.25, 0.3) is 0 Å². The van der Waals surface area contributed by atoms with E-state index in [0.717, 1.165) is 22.6 Å². The molecule has 16 heavy (non-hydrogen) atoms. The topological polar surface area (TPSA) is 30.2 Å². The maximum atomic E-state index is 10.8. The molecule has 3 heteroatoms. The Morgan fingerprint density at radius 1 is 1.06 bits per heavy atom. The lowest BCUT2D eigenvalue weighted by atomic mass is 10.1. The highest BCUT2D eigenvalue weighted by Gasteiger charge is 2.12. The highest BCUT2D eigenvalue weighted by molar-refractivity contribution is 6.39. The number of benzene rings is 2. The molecule has 0 bridgehead atoms. The van der Waals surface area contributed by atoms with Crippen molar-refractivity contribution >= 4 is 39.8 Å². The van der Waals surface area contributed by atoms with Crippen LogP contribution < -0.4 is 0 Å². The predicted octanol–water partition coefficient (Wildman–Crippen LogP) is 4.05. The molecule has 2 aromatic carbocycles. The first-order valence-corrected chi connectivity index (χ1v) is 5.24. The number of furan rings is 1. The predicted molar refractivity (Wildman–Crippen MR) is 64.1 cm³/mol. The minimum Gasteiger partial charge on any atom is -0.456 e. The summed E-state index contributed by atoms with van der Waals surface area (Å²) >= 11 is 6.17. The Morgan fingerprint density at radius 2 is 1.88 bits per heavy atom. The zero-order chi connectivity index (χ0) is 11.1. The summed E-state index contributed by atoms with van der Waals surface area (Å²) in [7, 11) is 0. The monoisotopic (exact) mass is 230 g/mol. The Kier molecular flexibility index (Phi) is 1.98. The van der Waals surface area contributed by atoms with Crippen LogP contribution >= 0.6 is 11.6 Å². The van der Waals surface area contributed by atoms with E-state index in [1.807, 2.05) is 24.3 Å². The second kappa shape index (κ2) is 3.35. The molecule has 0 aliphatic heterocycles. The Bertz CT molecular complexity index is 698. The Hall–Kier alpha value is -1.80. The van der Waals surface area contributed by atoms with Gasteiger partial charge in [-0.25, -0.2) is 0 Å². The molecule has 0 atom stereocenters. The van der Waals surface area contributed by atoms with Crippen LogP contribution in [0.1, 0.15) is 10.4 Å². The molecule has 0 unspecified atom stereocenters. The van der Waals surface area contributed by atoms with Gasteiger partial charge in [0.05, 0.1) is 5.02 Å². The fraction of sp³-hybridized carbons (Fsp3) is 0. The Morgan fingerprint density at radius 3 is 2.69 bits per heavy atom. The van der Waals surface area contributed by atoms with E-state index in [2.05, 4.69) is 0 Å². The van der Waals surface area contributed by atoms with Crippen LogP contribution in [0, 0.1) is 0 Å². The van der Waals surface area contributed by atoms with E-state index in [4.69, 9.17) is 16.0 Å². The van der Waals surface area contributed by atoms with Gasteiger partial charge in [-0.1, -0.05) is 29.8 Å². The summed E-state index contributed by atoms with van der Waals surface area (Å²) in [4.78, 5) is 10.8. The second-order valence-corrected chi connectivity index (χ2v) is 3.94. The molecule has 2 nitrogen and oxygen atoms in total. The number of hydrogen-bond donors (Lipinski definition) is 0. The van der Waals surface area contributed by atoms with Crippen LogP contribution in [0.2, 0.25) is 5.02 Å². The molecular formula is C13H7ClO2. The molecule has 3 rings (SSSR count). The van der Waals surface area contributed by atoms with E-state index in [1.54, 1.807) is 12.1 Å². The van der Waals surface area contributed by atoms with Crippen molar-refractivity contribution in [2.45, 2.75) is 0 Å². The molecule has 78 valence electrons. The minimum atomic E-state index is 0.456. The number of fused-ring (bicyclic) bond motifs is 3. The van der Waals surface area contributed by atoms with Crippen molar-refractivity contribution in [3.8, 4) is 0 Å². The van der Waals surface area contributed by atoms with Gasteiger partial charge in [-0.15, -0.1) is 0 Å². The zero-order valence-electron chi connectivity index (χ0n) is 8.24. The summed E-state index contributed by atoms with van der Waals surface area (Å²) in [5.74, 6) is 0. The number of halogens is 1. The van der Waals surface area contributed by atoms with Gasteiger partial charge in [-0.2, -0.15) is 0 Å². The highest BCUT2D eigenvalue weighted by Crippen LogP contribution is 2.35. The van der Waals surface area contributed by atoms with Crippen LogP contribution in [-0.2, 0) is 0 Å². The van der Waals surface area contributed by atoms with E-state index >= 15 is 0 Å². The lowest BCUT2D eigenvalue weighted by Gasteiger charge is -1.96. The number of carbonyl (C=O) groups is 1. The summed E-state index contributed by atoms with van der Waals surface area (Å²) in [5, 5.41) is 2.20. The van der Waals surface area contributed by atoms with Gasteiger partial charge in [-0.3, -0.25) is 4.79 Å². The Balaban J connectivity index is 2.58. The summed E-state index contributed by atoms with van der Waals surface area (Å²) in [6.45, 7) is 0. The van der Waals surface area contributed by atoms with Crippen molar-refractivity contribution in [2.24, 2.45) is 0 Å². The van der Waals surface area contributed by atoms with Crippen molar-refractivity contribution in [1.82, 2.24) is 0 Å².